The molecule has 0 spiro atoms. The molecule has 0 amide bonds. The van der Waals surface area contributed by atoms with Crippen LogP contribution in [0.5, 0.6) is 0 Å². The fourth-order valence-corrected chi connectivity index (χ4v) is 4.22. The van der Waals surface area contributed by atoms with Crippen molar-refractivity contribution in [3.05, 3.63) is 0 Å². The first-order valence-corrected chi connectivity index (χ1v) is 8.25. The van der Waals surface area contributed by atoms with Crippen LogP contribution in [0.15, 0.2) is 0 Å². The Bertz CT molecular complexity index is 325. The Morgan fingerprint density at radius 3 is 2.63 bits per heavy atom. The molecule has 2 atom stereocenters. The summed E-state index contributed by atoms with van der Waals surface area (Å²) in [7, 11) is 0. The predicted octanol–water partition coefficient (Wildman–Crippen LogP) is 2.30. The maximum atomic E-state index is 12.4. The molecule has 2 heterocycles. The van der Waals surface area contributed by atoms with E-state index in [9.17, 15) is 4.79 Å². The summed E-state index contributed by atoms with van der Waals surface area (Å²) < 4.78 is 0. The van der Waals surface area contributed by atoms with Crippen molar-refractivity contribution in [3.63, 3.8) is 0 Å². The van der Waals surface area contributed by atoms with E-state index >= 15 is 0 Å². The van der Waals surface area contributed by atoms with Crippen LogP contribution in [-0.2, 0) is 4.79 Å². The van der Waals surface area contributed by atoms with Crippen LogP contribution < -0.4 is 0 Å². The van der Waals surface area contributed by atoms with E-state index < -0.39 is 0 Å². The molecule has 2 unspecified atom stereocenters. The zero-order valence-corrected chi connectivity index (χ0v) is 12.3. The van der Waals surface area contributed by atoms with E-state index in [1.807, 2.05) is 0 Å². The third kappa shape index (κ3) is 3.03. The van der Waals surface area contributed by atoms with Crippen LogP contribution in [0.3, 0.4) is 0 Å². The Balaban J connectivity index is 1.54. The number of carbonyl (C=O) groups excluding carboxylic acids is 1. The molecule has 19 heavy (non-hydrogen) atoms. The number of piperazine rings is 1. The normalized spacial score (nSPS) is 34.4. The van der Waals surface area contributed by atoms with Crippen LogP contribution in [0.4, 0.5) is 0 Å². The highest BCUT2D eigenvalue weighted by molar-refractivity contribution is 5.83. The first-order valence-electron chi connectivity index (χ1n) is 8.25. The molecule has 1 aliphatic carbocycles. The van der Waals surface area contributed by atoms with Gasteiger partial charge >= 0.3 is 0 Å². The highest BCUT2D eigenvalue weighted by Crippen LogP contribution is 2.27. The molecule has 2 aliphatic heterocycles. The lowest BCUT2D eigenvalue weighted by Crippen LogP contribution is -2.56. The van der Waals surface area contributed by atoms with Gasteiger partial charge in [-0.1, -0.05) is 19.3 Å². The maximum absolute atomic E-state index is 12.4. The van der Waals surface area contributed by atoms with Crippen molar-refractivity contribution in [2.75, 3.05) is 26.2 Å². The van der Waals surface area contributed by atoms with E-state index in [1.54, 1.807) is 0 Å². The Kier molecular flexibility index (Phi) is 4.23. The van der Waals surface area contributed by atoms with Gasteiger partial charge in [-0.2, -0.15) is 0 Å². The van der Waals surface area contributed by atoms with Crippen molar-refractivity contribution in [3.8, 4) is 0 Å². The minimum Gasteiger partial charge on any atom is -0.298 e. The molecule has 0 aromatic rings. The smallest absolute Gasteiger partial charge is 0.149 e. The highest BCUT2D eigenvalue weighted by Gasteiger charge is 2.35. The molecule has 1 saturated carbocycles. The summed E-state index contributed by atoms with van der Waals surface area (Å²) in [6.07, 6.45) is 8.85. The van der Waals surface area contributed by atoms with E-state index in [1.165, 1.54) is 45.2 Å². The molecule has 3 heteroatoms. The summed E-state index contributed by atoms with van der Waals surface area (Å²) in [6, 6.07) is 1.29. The number of ketones is 1. The Labute approximate surface area is 117 Å². The Hall–Kier alpha value is -0.410. The summed E-state index contributed by atoms with van der Waals surface area (Å²) in [5.41, 5.74) is 0. The van der Waals surface area contributed by atoms with Crippen molar-refractivity contribution >= 4 is 5.78 Å². The minimum atomic E-state index is 0.377. The molecular formula is C16H28N2O. The lowest BCUT2D eigenvalue weighted by atomic mass is 9.86. The van der Waals surface area contributed by atoms with Crippen LogP contribution in [0.2, 0.25) is 0 Å². The molecule has 108 valence electrons. The molecule has 3 aliphatic rings. The van der Waals surface area contributed by atoms with Gasteiger partial charge in [0.15, 0.2) is 0 Å². The SMILES string of the molecule is CC1CN2CCCC2CN1CC(=O)C1CCCCC1. The molecule has 0 aromatic carbocycles. The van der Waals surface area contributed by atoms with Crippen molar-refractivity contribution < 1.29 is 4.79 Å². The molecular weight excluding hydrogens is 236 g/mol. The Morgan fingerprint density at radius 2 is 1.84 bits per heavy atom. The van der Waals surface area contributed by atoms with E-state index in [-0.39, 0.29) is 0 Å². The second kappa shape index (κ2) is 5.92. The van der Waals surface area contributed by atoms with E-state index in [2.05, 4.69) is 16.7 Å². The molecule has 0 N–H and O–H groups in total. The van der Waals surface area contributed by atoms with Gasteiger partial charge in [-0.3, -0.25) is 14.6 Å². The van der Waals surface area contributed by atoms with Gasteiger partial charge in [0.25, 0.3) is 0 Å². The van der Waals surface area contributed by atoms with E-state index in [4.69, 9.17) is 0 Å². The largest absolute Gasteiger partial charge is 0.298 e. The summed E-state index contributed by atoms with van der Waals surface area (Å²) in [5, 5.41) is 0. The van der Waals surface area contributed by atoms with Crippen LogP contribution in [0, 0.1) is 5.92 Å². The molecule has 2 saturated heterocycles. The average Bonchev–Trinajstić information content (AvgIpc) is 2.87. The predicted molar refractivity (Wildman–Crippen MR) is 77.2 cm³/mol. The monoisotopic (exact) mass is 264 g/mol. The maximum Gasteiger partial charge on any atom is 0.149 e. The van der Waals surface area contributed by atoms with Gasteiger partial charge < -0.3 is 0 Å². The lowest BCUT2D eigenvalue weighted by molar-refractivity contribution is -0.126. The van der Waals surface area contributed by atoms with Gasteiger partial charge in [0, 0.05) is 31.1 Å². The fourth-order valence-electron chi connectivity index (χ4n) is 4.22. The zero-order chi connectivity index (χ0) is 13.2. The number of carbonyl (C=O) groups is 1. The first-order chi connectivity index (χ1) is 9.24. The number of rotatable bonds is 3. The van der Waals surface area contributed by atoms with Gasteiger partial charge in [0.1, 0.15) is 5.78 Å². The summed E-state index contributed by atoms with van der Waals surface area (Å²) in [4.78, 5) is 17.5. The topological polar surface area (TPSA) is 23.6 Å². The van der Waals surface area contributed by atoms with Crippen LogP contribution in [0.25, 0.3) is 0 Å². The summed E-state index contributed by atoms with van der Waals surface area (Å²) in [6.45, 7) is 6.58. The van der Waals surface area contributed by atoms with Gasteiger partial charge in [-0.05, 0) is 39.2 Å². The molecule has 0 aromatic heterocycles. The summed E-state index contributed by atoms with van der Waals surface area (Å²) >= 11 is 0. The molecule has 3 nitrogen and oxygen atoms in total. The fraction of sp³-hybridized carbons (Fsp3) is 0.938. The van der Waals surface area contributed by atoms with E-state index in [0.29, 0.717) is 17.7 Å². The highest BCUT2D eigenvalue weighted by atomic mass is 16.1. The summed E-state index contributed by atoms with van der Waals surface area (Å²) in [5.74, 6) is 0.903. The first kappa shape index (κ1) is 13.6. The number of fused-ring (bicyclic) bond motifs is 1. The van der Waals surface area contributed by atoms with Gasteiger partial charge in [0.2, 0.25) is 0 Å². The van der Waals surface area contributed by atoms with Crippen LogP contribution in [0.1, 0.15) is 51.9 Å². The quantitative estimate of drug-likeness (QED) is 0.781. The standard InChI is InChI=1S/C16H28N2O/c1-13-10-17-9-5-8-15(17)11-18(13)12-16(19)14-6-3-2-4-7-14/h13-15H,2-12H2,1H3. The van der Waals surface area contributed by atoms with Crippen LogP contribution >= 0.6 is 0 Å². The zero-order valence-electron chi connectivity index (χ0n) is 12.3. The van der Waals surface area contributed by atoms with Crippen LogP contribution in [-0.4, -0.2) is 53.8 Å². The number of Topliss-reactive ketones (excluding diaryl/α,β-unsaturated/α-hetero) is 1. The van der Waals surface area contributed by atoms with Crippen molar-refractivity contribution in [2.24, 2.45) is 5.92 Å². The Morgan fingerprint density at radius 1 is 1.05 bits per heavy atom. The van der Waals surface area contributed by atoms with Crippen molar-refractivity contribution in [1.82, 2.24) is 9.80 Å². The number of nitrogens with zero attached hydrogens (tertiary/aromatic N) is 2. The third-order valence-electron chi connectivity index (χ3n) is 5.49. The van der Waals surface area contributed by atoms with Crippen molar-refractivity contribution in [1.29, 1.82) is 0 Å². The molecule has 3 rings (SSSR count). The van der Waals surface area contributed by atoms with Gasteiger partial charge in [-0.15, -0.1) is 0 Å². The minimum absolute atomic E-state index is 0.377. The number of hydrogen-bond donors (Lipinski definition) is 0. The van der Waals surface area contributed by atoms with Gasteiger partial charge in [0.05, 0.1) is 6.54 Å². The van der Waals surface area contributed by atoms with E-state index in [0.717, 1.165) is 32.0 Å². The second-order valence-electron chi connectivity index (χ2n) is 6.87. The second-order valence-corrected chi connectivity index (χ2v) is 6.87. The molecule has 0 bridgehead atoms. The lowest BCUT2D eigenvalue weighted by Gasteiger charge is -2.42. The average molecular weight is 264 g/mol. The van der Waals surface area contributed by atoms with Gasteiger partial charge in [-0.25, -0.2) is 0 Å². The molecule has 3 fully saturated rings. The number of hydrogen-bond acceptors (Lipinski definition) is 3. The molecule has 0 radical (unpaired) electrons. The van der Waals surface area contributed by atoms with Crippen molar-refractivity contribution in [2.45, 2.75) is 64.0 Å². The third-order valence-corrected chi connectivity index (χ3v) is 5.49.